The maximum Gasteiger partial charge on any atom is 0.433 e. The van der Waals surface area contributed by atoms with E-state index in [-0.39, 0.29) is 34.4 Å². The van der Waals surface area contributed by atoms with Crippen molar-refractivity contribution >= 4 is 51.0 Å². The van der Waals surface area contributed by atoms with Crippen LogP contribution in [0.3, 0.4) is 0 Å². The third-order valence-electron chi connectivity index (χ3n) is 4.85. The zero-order valence-electron chi connectivity index (χ0n) is 17.9. The van der Waals surface area contributed by atoms with Crippen LogP contribution >= 0.6 is 23.2 Å². The summed E-state index contributed by atoms with van der Waals surface area (Å²) < 4.78 is 77.7. The van der Waals surface area contributed by atoms with E-state index in [0.29, 0.717) is 17.7 Å². The molecule has 0 saturated carbocycles. The van der Waals surface area contributed by atoms with Crippen LogP contribution in [0.2, 0.25) is 10.0 Å². The van der Waals surface area contributed by atoms with Crippen LogP contribution in [-0.2, 0) is 34.1 Å². The van der Waals surface area contributed by atoms with E-state index in [2.05, 4.69) is 4.98 Å². The zero-order valence-corrected chi connectivity index (χ0v) is 20.3. The lowest BCUT2D eigenvalue weighted by Gasteiger charge is -2.24. The maximum atomic E-state index is 13.8. The van der Waals surface area contributed by atoms with Gasteiger partial charge in [0.25, 0.3) is 0 Å². The van der Waals surface area contributed by atoms with Gasteiger partial charge in [-0.1, -0.05) is 29.3 Å². The minimum absolute atomic E-state index is 0.00983. The van der Waals surface area contributed by atoms with Crippen molar-refractivity contribution in [2.45, 2.75) is 19.3 Å². The van der Waals surface area contributed by atoms with Crippen molar-refractivity contribution in [1.29, 1.82) is 0 Å². The third-order valence-corrected chi connectivity index (χ3v) is 6.83. The van der Waals surface area contributed by atoms with E-state index < -0.39 is 27.7 Å². The summed E-state index contributed by atoms with van der Waals surface area (Å²) in [6, 6.07) is 9.87. The second-order valence-corrected chi connectivity index (χ2v) is 10.1. The fourth-order valence-corrected chi connectivity index (χ4v) is 4.43. The van der Waals surface area contributed by atoms with Gasteiger partial charge in [-0.25, -0.2) is 12.8 Å². The molecule has 3 aromatic rings. The largest absolute Gasteiger partial charge is 0.433 e. The first-order valence-corrected chi connectivity index (χ1v) is 12.4. The van der Waals surface area contributed by atoms with Gasteiger partial charge in [0.05, 0.1) is 35.1 Å². The Hall–Kier alpha value is -2.89. The summed E-state index contributed by atoms with van der Waals surface area (Å²) in [5.41, 5.74) is 0.00235. The number of pyridine rings is 1. The highest BCUT2D eigenvalue weighted by Crippen LogP contribution is 2.31. The number of anilines is 2. The first-order chi connectivity index (χ1) is 16.3. The number of rotatable bonds is 8. The molecule has 0 unspecified atom stereocenters. The second-order valence-electron chi connectivity index (χ2n) is 7.43. The minimum Gasteiger partial charge on any atom is -0.311 e. The van der Waals surface area contributed by atoms with Gasteiger partial charge in [-0.3, -0.25) is 14.1 Å². The molecule has 2 aromatic carbocycles. The molecule has 0 aliphatic heterocycles. The number of alkyl halides is 3. The Morgan fingerprint density at radius 3 is 2.14 bits per heavy atom. The molecule has 0 radical (unpaired) electrons. The first-order valence-electron chi connectivity index (χ1n) is 9.75. The van der Waals surface area contributed by atoms with Gasteiger partial charge in [-0.05, 0) is 53.6 Å². The first kappa shape index (κ1) is 26.7. The molecule has 3 rings (SSSR count). The summed E-state index contributed by atoms with van der Waals surface area (Å²) in [7, 11) is -3.84. The van der Waals surface area contributed by atoms with Crippen molar-refractivity contribution in [3.05, 3.63) is 87.4 Å². The van der Waals surface area contributed by atoms with Crippen molar-refractivity contribution in [2.24, 2.45) is 0 Å². The van der Waals surface area contributed by atoms with E-state index >= 15 is 0 Å². The number of sulfonamides is 1. The predicted molar refractivity (Wildman–Crippen MR) is 125 cm³/mol. The molecule has 0 bridgehead atoms. The number of hydrogen-bond acceptors (Lipinski definition) is 4. The molecule has 0 N–H and O–H groups in total. The second kappa shape index (κ2) is 10.4. The number of carbonyl (C=O) groups excluding carboxylic acids is 1. The minimum atomic E-state index is -4.58. The normalized spacial score (nSPS) is 11.9. The molecular weight excluding hydrogens is 533 g/mol. The van der Waals surface area contributed by atoms with Crippen LogP contribution in [0, 0.1) is 5.82 Å². The molecule has 0 aliphatic carbocycles. The molecule has 0 aliphatic rings. The van der Waals surface area contributed by atoms with Crippen molar-refractivity contribution in [3.8, 4) is 0 Å². The molecule has 13 heteroatoms. The summed E-state index contributed by atoms with van der Waals surface area (Å²) in [5.74, 6) is -0.683. The van der Waals surface area contributed by atoms with Gasteiger partial charge < -0.3 is 4.90 Å². The summed E-state index contributed by atoms with van der Waals surface area (Å²) in [6.45, 7) is -0.371. The van der Waals surface area contributed by atoms with E-state index in [9.17, 15) is 30.8 Å². The van der Waals surface area contributed by atoms with Gasteiger partial charge in [0.15, 0.2) is 0 Å². The van der Waals surface area contributed by atoms with E-state index in [1.807, 2.05) is 0 Å². The molecule has 6 nitrogen and oxygen atoms in total. The monoisotopic (exact) mass is 549 g/mol. The van der Waals surface area contributed by atoms with Gasteiger partial charge in [-0.2, -0.15) is 13.2 Å². The Kier molecular flexibility index (Phi) is 7.93. The highest BCUT2D eigenvalue weighted by molar-refractivity contribution is 7.92. The average Bonchev–Trinajstić information content (AvgIpc) is 2.78. The standard InChI is InChI=1S/C22H17Cl2F4N3O3S/c1-35(33,34)31(12-15-8-16(25)9-19(23)21(15)24)18-5-3-17(4-6-18)30(13-32)11-14-2-7-20(29-10-14)22(26,27)28/h2-10,13H,11-12H2,1H3. The molecule has 35 heavy (non-hydrogen) atoms. The topological polar surface area (TPSA) is 70.6 Å². The smallest absolute Gasteiger partial charge is 0.311 e. The third kappa shape index (κ3) is 6.62. The summed E-state index contributed by atoms with van der Waals surface area (Å²) in [5, 5.41) is -0.0551. The fraction of sp³-hybridized carbons (Fsp3) is 0.182. The molecule has 1 heterocycles. The SMILES string of the molecule is CS(=O)(=O)N(Cc1cc(F)cc(Cl)c1Cl)c1ccc(N(C=O)Cc2ccc(C(F)(F)F)nc2)cc1. The van der Waals surface area contributed by atoms with Gasteiger partial charge in [0.2, 0.25) is 16.4 Å². The summed E-state index contributed by atoms with van der Waals surface area (Å²) in [4.78, 5) is 16.2. The number of hydrogen-bond donors (Lipinski definition) is 0. The van der Waals surface area contributed by atoms with Crippen molar-refractivity contribution in [2.75, 3.05) is 15.5 Å². The molecule has 1 amide bonds. The lowest BCUT2D eigenvalue weighted by atomic mass is 10.2. The van der Waals surface area contributed by atoms with E-state index in [1.54, 1.807) is 0 Å². The van der Waals surface area contributed by atoms with E-state index in [1.165, 1.54) is 35.2 Å². The molecular formula is C22H17Cl2F4N3O3S. The highest BCUT2D eigenvalue weighted by atomic mass is 35.5. The zero-order chi connectivity index (χ0) is 26.0. The molecule has 0 spiro atoms. The summed E-state index contributed by atoms with van der Waals surface area (Å²) in [6.07, 6.45) is -2.11. The van der Waals surface area contributed by atoms with Crippen LogP contribution < -0.4 is 9.21 Å². The van der Waals surface area contributed by atoms with Crippen LogP contribution in [0.5, 0.6) is 0 Å². The fourth-order valence-electron chi connectivity index (χ4n) is 3.16. The molecule has 0 atom stereocenters. The molecule has 0 fully saturated rings. The van der Waals surface area contributed by atoms with Gasteiger partial charge in [0.1, 0.15) is 11.5 Å². The van der Waals surface area contributed by atoms with E-state index in [0.717, 1.165) is 35.0 Å². The van der Waals surface area contributed by atoms with Crippen LogP contribution in [0.1, 0.15) is 16.8 Å². The number of halogens is 6. The van der Waals surface area contributed by atoms with E-state index in [4.69, 9.17) is 23.2 Å². The van der Waals surface area contributed by atoms with Gasteiger partial charge in [-0.15, -0.1) is 0 Å². The lowest BCUT2D eigenvalue weighted by molar-refractivity contribution is -0.141. The Balaban J connectivity index is 1.85. The van der Waals surface area contributed by atoms with Crippen molar-refractivity contribution in [3.63, 3.8) is 0 Å². The van der Waals surface area contributed by atoms with Gasteiger partial charge >= 0.3 is 6.18 Å². The summed E-state index contributed by atoms with van der Waals surface area (Å²) >= 11 is 12.0. The number of amides is 1. The quantitative estimate of drug-likeness (QED) is 0.206. The Bertz CT molecular complexity index is 1320. The maximum absolute atomic E-state index is 13.8. The molecule has 186 valence electrons. The van der Waals surface area contributed by atoms with Crippen molar-refractivity contribution in [1.82, 2.24) is 4.98 Å². The van der Waals surface area contributed by atoms with Crippen LogP contribution in [0.4, 0.5) is 28.9 Å². The Labute approximate surface area is 208 Å². The lowest BCUT2D eigenvalue weighted by Crippen LogP contribution is -2.29. The molecule has 0 saturated heterocycles. The van der Waals surface area contributed by atoms with Crippen LogP contribution in [-0.4, -0.2) is 26.1 Å². The highest BCUT2D eigenvalue weighted by Gasteiger charge is 2.32. The predicted octanol–water partition coefficient (Wildman–Crippen LogP) is 5.68. The van der Waals surface area contributed by atoms with Crippen molar-refractivity contribution < 1.29 is 30.8 Å². The Morgan fingerprint density at radius 2 is 1.63 bits per heavy atom. The van der Waals surface area contributed by atoms with Crippen LogP contribution in [0.15, 0.2) is 54.7 Å². The number of aromatic nitrogens is 1. The number of benzene rings is 2. The van der Waals surface area contributed by atoms with Gasteiger partial charge in [0, 0.05) is 11.9 Å². The molecule has 1 aromatic heterocycles. The Morgan fingerprint density at radius 1 is 1.00 bits per heavy atom. The average molecular weight is 550 g/mol. The number of nitrogens with zero attached hydrogens (tertiary/aromatic N) is 3. The number of carbonyl (C=O) groups is 1. The van der Waals surface area contributed by atoms with Crippen LogP contribution in [0.25, 0.3) is 0 Å².